The molecule has 28 heavy (non-hydrogen) atoms. The van der Waals surface area contributed by atoms with E-state index in [2.05, 4.69) is 5.32 Å². The maximum atomic E-state index is 12.6. The number of morpholine rings is 1. The van der Waals surface area contributed by atoms with Crippen LogP contribution >= 0.6 is 0 Å². The Kier molecular flexibility index (Phi) is 6.49. The van der Waals surface area contributed by atoms with Gasteiger partial charge < -0.3 is 10.1 Å². The van der Waals surface area contributed by atoms with E-state index in [4.69, 9.17) is 4.74 Å². The van der Waals surface area contributed by atoms with Crippen LogP contribution in [0.2, 0.25) is 0 Å². The monoisotopic (exact) mass is 402 g/mol. The second-order valence-corrected chi connectivity index (χ2v) is 8.96. The first-order valence-corrected chi connectivity index (χ1v) is 10.8. The third-order valence-corrected chi connectivity index (χ3v) is 6.75. The molecule has 0 atom stereocenters. The average molecular weight is 403 g/mol. The number of ether oxygens (including phenoxy) is 1. The van der Waals surface area contributed by atoms with Gasteiger partial charge >= 0.3 is 0 Å². The van der Waals surface area contributed by atoms with Crippen molar-refractivity contribution in [1.82, 2.24) is 4.31 Å². The fourth-order valence-electron chi connectivity index (χ4n) is 3.11. The lowest BCUT2D eigenvalue weighted by Crippen LogP contribution is -2.40. The number of hydrogen-bond donors (Lipinski definition) is 1. The molecule has 0 spiro atoms. The molecule has 1 aliphatic heterocycles. The van der Waals surface area contributed by atoms with Crippen LogP contribution in [-0.2, 0) is 26.0 Å². The molecule has 6 nitrogen and oxygen atoms in total. The predicted molar refractivity (Wildman–Crippen MR) is 109 cm³/mol. The third kappa shape index (κ3) is 4.98. The molecule has 1 heterocycles. The first-order chi connectivity index (χ1) is 13.4. The van der Waals surface area contributed by atoms with E-state index in [0.717, 1.165) is 22.4 Å². The minimum absolute atomic E-state index is 0.0567. The topological polar surface area (TPSA) is 75.7 Å². The van der Waals surface area contributed by atoms with Crippen LogP contribution in [0.25, 0.3) is 0 Å². The van der Waals surface area contributed by atoms with Gasteiger partial charge in [0.05, 0.1) is 18.1 Å². The number of rotatable bonds is 6. The van der Waals surface area contributed by atoms with Crippen LogP contribution in [0.5, 0.6) is 0 Å². The van der Waals surface area contributed by atoms with E-state index in [1.54, 1.807) is 24.3 Å². The van der Waals surface area contributed by atoms with Gasteiger partial charge in [-0.05, 0) is 55.2 Å². The summed E-state index contributed by atoms with van der Waals surface area (Å²) in [6, 6.07) is 12.7. The minimum atomic E-state index is -3.49. The third-order valence-electron chi connectivity index (χ3n) is 4.84. The van der Waals surface area contributed by atoms with Crippen LogP contribution in [0.4, 0.5) is 5.69 Å². The fourth-order valence-corrected chi connectivity index (χ4v) is 4.51. The highest BCUT2D eigenvalue weighted by atomic mass is 32.2. The minimum Gasteiger partial charge on any atom is -0.379 e. The zero-order valence-electron chi connectivity index (χ0n) is 16.3. The van der Waals surface area contributed by atoms with E-state index >= 15 is 0 Å². The Bertz CT molecular complexity index is 933. The Morgan fingerprint density at radius 1 is 1.07 bits per heavy atom. The second kappa shape index (κ2) is 8.86. The molecule has 0 aliphatic carbocycles. The van der Waals surface area contributed by atoms with Gasteiger partial charge in [0.1, 0.15) is 0 Å². The molecule has 2 aromatic rings. The summed E-state index contributed by atoms with van der Waals surface area (Å²) in [6.07, 6.45) is 0.886. The maximum absolute atomic E-state index is 12.6. The van der Waals surface area contributed by atoms with Crippen molar-refractivity contribution in [3.63, 3.8) is 0 Å². The van der Waals surface area contributed by atoms with E-state index in [1.807, 2.05) is 32.0 Å². The van der Waals surface area contributed by atoms with Gasteiger partial charge in [-0.15, -0.1) is 0 Å². The summed E-state index contributed by atoms with van der Waals surface area (Å²) < 4.78 is 31.9. The molecule has 1 saturated heterocycles. The summed E-state index contributed by atoms with van der Waals surface area (Å²) in [5, 5.41) is 2.95. The second-order valence-electron chi connectivity index (χ2n) is 7.03. The first kappa shape index (κ1) is 20.5. The Hall–Kier alpha value is -2.22. The zero-order valence-corrected chi connectivity index (χ0v) is 17.1. The molecule has 0 saturated carbocycles. The van der Waals surface area contributed by atoms with Crippen molar-refractivity contribution in [1.29, 1.82) is 0 Å². The highest BCUT2D eigenvalue weighted by molar-refractivity contribution is 7.89. The Morgan fingerprint density at radius 2 is 1.75 bits per heavy atom. The Morgan fingerprint density at radius 3 is 2.43 bits per heavy atom. The SMILES string of the molecule is Cc1ccc(C)c(NC(=O)CCc2ccc(S(=O)(=O)N3CCOCC3)cc2)c1. The van der Waals surface area contributed by atoms with Crippen LogP contribution in [0.3, 0.4) is 0 Å². The molecule has 0 bridgehead atoms. The van der Waals surface area contributed by atoms with E-state index in [-0.39, 0.29) is 10.8 Å². The number of anilines is 1. The van der Waals surface area contributed by atoms with Crippen molar-refractivity contribution >= 4 is 21.6 Å². The van der Waals surface area contributed by atoms with E-state index in [9.17, 15) is 13.2 Å². The van der Waals surface area contributed by atoms with Gasteiger partial charge in [0.2, 0.25) is 15.9 Å². The first-order valence-electron chi connectivity index (χ1n) is 9.40. The average Bonchev–Trinajstić information content (AvgIpc) is 2.70. The molecule has 3 rings (SSSR count). The number of aryl methyl sites for hydroxylation is 3. The van der Waals surface area contributed by atoms with E-state index in [0.29, 0.717) is 39.1 Å². The summed E-state index contributed by atoms with van der Waals surface area (Å²) in [5.41, 5.74) is 3.88. The molecular formula is C21H26N2O4S. The summed E-state index contributed by atoms with van der Waals surface area (Å²) in [6.45, 7) is 5.55. The summed E-state index contributed by atoms with van der Waals surface area (Å²) in [7, 11) is -3.49. The Labute approximate surface area is 166 Å². The number of hydrogen-bond acceptors (Lipinski definition) is 4. The number of sulfonamides is 1. The lowest BCUT2D eigenvalue weighted by atomic mass is 10.1. The van der Waals surface area contributed by atoms with Crippen LogP contribution in [0.1, 0.15) is 23.1 Å². The summed E-state index contributed by atoms with van der Waals surface area (Å²) >= 11 is 0. The van der Waals surface area contributed by atoms with Crippen molar-refractivity contribution in [3.8, 4) is 0 Å². The zero-order chi connectivity index (χ0) is 20.1. The fraction of sp³-hybridized carbons (Fsp3) is 0.381. The van der Waals surface area contributed by atoms with Crippen molar-refractivity contribution < 1.29 is 17.9 Å². The molecule has 1 fully saturated rings. The van der Waals surface area contributed by atoms with Gasteiger partial charge in [-0.25, -0.2) is 8.42 Å². The summed E-state index contributed by atoms with van der Waals surface area (Å²) in [5.74, 6) is -0.0567. The van der Waals surface area contributed by atoms with Crippen molar-refractivity contribution in [2.24, 2.45) is 0 Å². The van der Waals surface area contributed by atoms with Gasteiger partial charge in [-0.3, -0.25) is 4.79 Å². The van der Waals surface area contributed by atoms with Crippen LogP contribution in [0, 0.1) is 13.8 Å². The molecule has 1 aliphatic rings. The molecule has 0 radical (unpaired) electrons. The quantitative estimate of drug-likeness (QED) is 0.806. The number of carbonyl (C=O) groups is 1. The molecule has 7 heteroatoms. The summed E-state index contributed by atoms with van der Waals surface area (Å²) in [4.78, 5) is 12.5. The Balaban J connectivity index is 1.58. The normalized spacial score (nSPS) is 15.4. The van der Waals surface area contributed by atoms with Crippen molar-refractivity contribution in [3.05, 3.63) is 59.2 Å². The molecule has 1 amide bonds. The van der Waals surface area contributed by atoms with Gasteiger partial charge in [0, 0.05) is 25.2 Å². The molecule has 0 unspecified atom stereocenters. The highest BCUT2D eigenvalue weighted by Crippen LogP contribution is 2.19. The smallest absolute Gasteiger partial charge is 0.243 e. The molecule has 2 aromatic carbocycles. The molecule has 1 N–H and O–H groups in total. The van der Waals surface area contributed by atoms with Gasteiger partial charge in [0.25, 0.3) is 0 Å². The molecular weight excluding hydrogens is 376 g/mol. The van der Waals surface area contributed by atoms with Gasteiger partial charge in [-0.2, -0.15) is 4.31 Å². The van der Waals surface area contributed by atoms with E-state index < -0.39 is 10.0 Å². The van der Waals surface area contributed by atoms with Gasteiger partial charge in [-0.1, -0.05) is 24.3 Å². The van der Waals surface area contributed by atoms with Gasteiger partial charge in [0.15, 0.2) is 0 Å². The van der Waals surface area contributed by atoms with Crippen LogP contribution in [0.15, 0.2) is 47.4 Å². The van der Waals surface area contributed by atoms with Crippen molar-refractivity contribution in [2.45, 2.75) is 31.6 Å². The highest BCUT2D eigenvalue weighted by Gasteiger charge is 2.26. The number of carbonyl (C=O) groups excluding carboxylic acids is 1. The number of benzene rings is 2. The number of nitrogens with zero attached hydrogens (tertiary/aromatic N) is 1. The lowest BCUT2D eigenvalue weighted by molar-refractivity contribution is -0.116. The van der Waals surface area contributed by atoms with E-state index in [1.165, 1.54) is 4.31 Å². The maximum Gasteiger partial charge on any atom is 0.243 e. The predicted octanol–water partition coefficient (Wildman–Crippen LogP) is 2.90. The van der Waals surface area contributed by atoms with Crippen molar-refractivity contribution in [2.75, 3.05) is 31.6 Å². The molecule has 150 valence electrons. The lowest BCUT2D eigenvalue weighted by Gasteiger charge is -2.26. The number of nitrogens with one attached hydrogen (secondary N) is 1. The van der Waals surface area contributed by atoms with Crippen LogP contribution in [-0.4, -0.2) is 44.9 Å². The largest absolute Gasteiger partial charge is 0.379 e. The number of amides is 1. The van der Waals surface area contributed by atoms with Crippen LogP contribution < -0.4 is 5.32 Å². The molecule has 0 aromatic heterocycles. The standard InChI is InChI=1S/C21H26N2O4S/c1-16-3-4-17(2)20(15-16)22-21(24)10-7-18-5-8-19(9-6-18)28(25,26)23-11-13-27-14-12-23/h3-6,8-9,15H,7,10-14H2,1-2H3,(H,22,24).